The van der Waals surface area contributed by atoms with Crippen molar-refractivity contribution in [1.29, 1.82) is 0 Å². The first kappa shape index (κ1) is 19.6. The van der Waals surface area contributed by atoms with E-state index >= 15 is 0 Å². The molecule has 0 bridgehead atoms. The number of amides is 1. The molecule has 0 aliphatic rings. The second kappa shape index (κ2) is 8.09. The summed E-state index contributed by atoms with van der Waals surface area (Å²) in [5.41, 5.74) is 0.706. The Balaban J connectivity index is 2.26. The van der Waals surface area contributed by atoms with Crippen LogP contribution in [0.5, 0.6) is 0 Å². The molecule has 0 fully saturated rings. The number of rotatable bonds is 5. The van der Waals surface area contributed by atoms with E-state index in [0.29, 0.717) is 17.2 Å². The number of anilines is 1. The van der Waals surface area contributed by atoms with Crippen LogP contribution >= 0.6 is 0 Å². The van der Waals surface area contributed by atoms with E-state index in [1.54, 1.807) is 71.5 Å². The van der Waals surface area contributed by atoms with Gasteiger partial charge in [-0.2, -0.15) is 0 Å². The molecule has 0 radical (unpaired) electrons. The van der Waals surface area contributed by atoms with E-state index in [9.17, 15) is 9.90 Å². The molecule has 0 aromatic carbocycles. The van der Waals surface area contributed by atoms with E-state index in [1.165, 1.54) is 10.0 Å². The zero-order valence-corrected chi connectivity index (χ0v) is 15.7. The Morgan fingerprint density at radius 1 is 1.23 bits per heavy atom. The molecule has 2 heterocycles. The highest BCUT2D eigenvalue weighted by Crippen LogP contribution is 2.17. The van der Waals surface area contributed by atoms with E-state index < -0.39 is 17.8 Å². The lowest BCUT2D eigenvalue weighted by molar-refractivity contribution is 0.0214. The molecule has 2 aromatic rings. The first-order valence-electron chi connectivity index (χ1n) is 8.31. The second-order valence-electron chi connectivity index (χ2n) is 6.87. The van der Waals surface area contributed by atoms with Gasteiger partial charge in [0.2, 0.25) is 5.95 Å². The molecule has 8 heteroatoms. The number of carbonyl (C=O) groups excluding carboxylic acids is 1. The molecule has 2 rings (SSSR count). The minimum absolute atomic E-state index is 0.170. The van der Waals surface area contributed by atoms with Gasteiger partial charge in [0.1, 0.15) is 5.60 Å². The first-order valence-corrected chi connectivity index (χ1v) is 8.31. The van der Waals surface area contributed by atoms with Crippen LogP contribution in [0.15, 0.2) is 36.8 Å². The molecular formula is C18H25N5O3. The highest BCUT2D eigenvalue weighted by Gasteiger charge is 2.27. The van der Waals surface area contributed by atoms with Crippen LogP contribution in [0.1, 0.15) is 45.1 Å². The standard InChI is InChI=1S/C18H25N5O3/c1-13(24)14-7-8-15(21-11-14)12-23(17(25)26-18(2,3)4)22(5)16-19-9-6-10-20-16/h6-11,13,24H,12H2,1-5H3. The van der Waals surface area contributed by atoms with Crippen LogP contribution in [0.3, 0.4) is 0 Å². The van der Waals surface area contributed by atoms with Gasteiger partial charge in [-0.1, -0.05) is 6.07 Å². The van der Waals surface area contributed by atoms with Crippen molar-refractivity contribution in [3.8, 4) is 0 Å². The fourth-order valence-electron chi connectivity index (χ4n) is 2.10. The maximum atomic E-state index is 12.7. The monoisotopic (exact) mass is 359 g/mol. The average molecular weight is 359 g/mol. The third-order valence-corrected chi connectivity index (χ3v) is 3.45. The number of aromatic nitrogens is 3. The summed E-state index contributed by atoms with van der Waals surface area (Å²) in [5, 5.41) is 12.5. The maximum Gasteiger partial charge on any atom is 0.429 e. The van der Waals surface area contributed by atoms with Gasteiger partial charge in [0.05, 0.1) is 18.3 Å². The van der Waals surface area contributed by atoms with Gasteiger partial charge in [-0.3, -0.25) is 4.98 Å². The molecule has 140 valence electrons. The summed E-state index contributed by atoms with van der Waals surface area (Å²) in [7, 11) is 1.68. The summed E-state index contributed by atoms with van der Waals surface area (Å²) >= 11 is 0. The molecule has 2 aromatic heterocycles. The van der Waals surface area contributed by atoms with Gasteiger partial charge in [0.15, 0.2) is 0 Å². The van der Waals surface area contributed by atoms with Crippen molar-refractivity contribution >= 4 is 12.0 Å². The molecule has 1 unspecified atom stereocenters. The quantitative estimate of drug-likeness (QED) is 0.821. The smallest absolute Gasteiger partial charge is 0.429 e. The highest BCUT2D eigenvalue weighted by molar-refractivity contribution is 5.70. The van der Waals surface area contributed by atoms with E-state index in [0.717, 1.165) is 0 Å². The molecule has 1 atom stereocenters. The molecular weight excluding hydrogens is 334 g/mol. The number of carbonyl (C=O) groups is 1. The van der Waals surface area contributed by atoms with E-state index in [1.807, 2.05) is 0 Å². The Labute approximate surface area is 153 Å². The van der Waals surface area contributed by atoms with Crippen LogP contribution in [0.2, 0.25) is 0 Å². The molecule has 8 nitrogen and oxygen atoms in total. The Kier molecular flexibility index (Phi) is 6.10. The summed E-state index contributed by atoms with van der Waals surface area (Å²) in [5.74, 6) is 0.360. The number of hydrogen-bond acceptors (Lipinski definition) is 7. The topological polar surface area (TPSA) is 91.7 Å². The fraction of sp³-hybridized carbons (Fsp3) is 0.444. The normalized spacial score (nSPS) is 12.4. The van der Waals surface area contributed by atoms with Gasteiger partial charge >= 0.3 is 6.09 Å². The van der Waals surface area contributed by atoms with Crippen LogP contribution < -0.4 is 5.01 Å². The zero-order valence-electron chi connectivity index (χ0n) is 15.7. The summed E-state index contributed by atoms with van der Waals surface area (Å²) < 4.78 is 5.50. The number of aliphatic hydroxyl groups is 1. The van der Waals surface area contributed by atoms with Gasteiger partial charge < -0.3 is 9.84 Å². The Morgan fingerprint density at radius 2 is 1.88 bits per heavy atom. The summed E-state index contributed by atoms with van der Waals surface area (Å²) in [4.78, 5) is 25.3. The summed E-state index contributed by atoms with van der Waals surface area (Å²) in [6, 6.07) is 5.24. The van der Waals surface area contributed by atoms with Crippen LogP contribution in [0.25, 0.3) is 0 Å². The SMILES string of the molecule is CC(O)c1ccc(CN(C(=O)OC(C)(C)C)N(C)c2ncccn2)nc1. The maximum absolute atomic E-state index is 12.7. The van der Waals surface area contributed by atoms with Crippen LogP contribution in [-0.4, -0.2) is 43.8 Å². The van der Waals surface area contributed by atoms with E-state index in [-0.39, 0.29) is 6.54 Å². The van der Waals surface area contributed by atoms with Crippen LogP contribution in [0, 0.1) is 0 Å². The number of aliphatic hydroxyl groups excluding tert-OH is 1. The average Bonchev–Trinajstić information content (AvgIpc) is 2.58. The van der Waals surface area contributed by atoms with Crippen LogP contribution in [0.4, 0.5) is 10.7 Å². The van der Waals surface area contributed by atoms with Gasteiger partial charge in [0.25, 0.3) is 0 Å². The lowest BCUT2D eigenvalue weighted by atomic mass is 10.2. The van der Waals surface area contributed by atoms with Crippen molar-refractivity contribution in [2.45, 2.75) is 45.9 Å². The second-order valence-corrected chi connectivity index (χ2v) is 6.87. The largest absolute Gasteiger partial charge is 0.442 e. The molecule has 26 heavy (non-hydrogen) atoms. The first-order chi connectivity index (χ1) is 12.2. The predicted octanol–water partition coefficient (Wildman–Crippen LogP) is 2.71. The lowest BCUT2D eigenvalue weighted by Gasteiger charge is -2.33. The highest BCUT2D eigenvalue weighted by atomic mass is 16.6. The lowest BCUT2D eigenvalue weighted by Crippen LogP contribution is -2.47. The number of hydrogen-bond donors (Lipinski definition) is 1. The van der Waals surface area contributed by atoms with Crippen molar-refractivity contribution < 1.29 is 14.6 Å². The fourth-order valence-corrected chi connectivity index (χ4v) is 2.10. The minimum Gasteiger partial charge on any atom is -0.442 e. The molecule has 0 saturated heterocycles. The van der Waals surface area contributed by atoms with Crippen LogP contribution in [-0.2, 0) is 11.3 Å². The van der Waals surface area contributed by atoms with Crippen molar-refractivity contribution in [2.75, 3.05) is 12.1 Å². The number of hydrazine groups is 1. The Bertz CT molecular complexity index is 714. The van der Waals surface area contributed by atoms with Gasteiger partial charge in [-0.25, -0.2) is 24.8 Å². The minimum atomic E-state index is -0.642. The molecule has 1 amide bonds. The van der Waals surface area contributed by atoms with Gasteiger partial charge in [-0.05, 0) is 45.4 Å². The third kappa shape index (κ3) is 5.38. The Hall–Kier alpha value is -2.74. The van der Waals surface area contributed by atoms with Gasteiger partial charge in [-0.15, -0.1) is 0 Å². The van der Waals surface area contributed by atoms with E-state index in [2.05, 4.69) is 15.0 Å². The molecule has 1 N–H and O–H groups in total. The molecule has 0 aliphatic heterocycles. The Morgan fingerprint density at radius 3 is 2.38 bits per heavy atom. The van der Waals surface area contributed by atoms with Crippen molar-refractivity contribution in [1.82, 2.24) is 20.0 Å². The van der Waals surface area contributed by atoms with Crippen molar-refractivity contribution in [3.63, 3.8) is 0 Å². The summed E-state index contributed by atoms with van der Waals surface area (Å²) in [6.07, 6.45) is 3.66. The number of ether oxygens (including phenoxy) is 1. The van der Waals surface area contributed by atoms with Gasteiger partial charge in [0, 0.05) is 25.6 Å². The third-order valence-electron chi connectivity index (χ3n) is 3.45. The predicted molar refractivity (Wildman–Crippen MR) is 97.1 cm³/mol. The summed E-state index contributed by atoms with van der Waals surface area (Å²) in [6.45, 7) is 7.25. The number of nitrogens with zero attached hydrogens (tertiary/aromatic N) is 5. The molecule has 0 saturated carbocycles. The van der Waals surface area contributed by atoms with Crippen molar-refractivity contribution in [3.05, 3.63) is 48.0 Å². The zero-order chi connectivity index (χ0) is 19.3. The molecule has 0 spiro atoms. The molecule has 0 aliphatic carbocycles. The van der Waals surface area contributed by atoms with Crippen molar-refractivity contribution in [2.24, 2.45) is 0 Å². The van der Waals surface area contributed by atoms with E-state index in [4.69, 9.17) is 4.74 Å². The number of pyridine rings is 1.